The van der Waals surface area contributed by atoms with Gasteiger partial charge in [0.05, 0.1) is 8.07 Å². The fourth-order valence-corrected chi connectivity index (χ4v) is 10.3. The van der Waals surface area contributed by atoms with Gasteiger partial charge in [0.25, 0.3) is 0 Å². The highest BCUT2D eigenvalue weighted by Gasteiger charge is 2.45. The molecule has 4 heteroatoms. The van der Waals surface area contributed by atoms with Crippen molar-refractivity contribution in [3.05, 3.63) is 69.9 Å². The van der Waals surface area contributed by atoms with Crippen LogP contribution in [0.1, 0.15) is 26.4 Å². The van der Waals surface area contributed by atoms with Crippen LogP contribution in [0.15, 0.2) is 49.1 Å². The van der Waals surface area contributed by atoms with Gasteiger partial charge in [0, 0.05) is 25.0 Å². The summed E-state index contributed by atoms with van der Waals surface area (Å²) in [5.74, 6) is 1.03. The summed E-state index contributed by atoms with van der Waals surface area (Å²) in [6.07, 6.45) is 1.82. The largest absolute Gasteiger partial charge is 0.490 e. The molecule has 0 unspecified atom stereocenters. The minimum Gasteiger partial charge on any atom is -0.490 e. The molecule has 1 aliphatic carbocycles. The first kappa shape index (κ1) is 17.8. The molecule has 0 N–H and O–H groups in total. The number of ether oxygens (including phenoxy) is 1. The van der Waals surface area contributed by atoms with Gasteiger partial charge in [-0.25, -0.2) is 0 Å². The Morgan fingerprint density at radius 1 is 1.04 bits per heavy atom. The summed E-state index contributed by atoms with van der Waals surface area (Å²) in [6.45, 7) is 13.8. The lowest BCUT2D eigenvalue weighted by molar-refractivity contribution is 0.366. The summed E-state index contributed by atoms with van der Waals surface area (Å²) < 4.78 is 6.04. The summed E-state index contributed by atoms with van der Waals surface area (Å²) >= 11 is 3.91. The second-order valence-electron chi connectivity index (χ2n) is 7.53. The zero-order chi connectivity index (χ0) is 18.5. The number of benzene rings is 1. The molecule has 1 nitrogen and oxygen atoms in total. The minimum atomic E-state index is -1.86. The lowest BCUT2D eigenvalue weighted by Gasteiger charge is -2.32. The molecule has 0 amide bonds. The Balaban J connectivity index is 1.87. The van der Waals surface area contributed by atoms with Crippen LogP contribution in [0.3, 0.4) is 0 Å². The highest BCUT2D eigenvalue weighted by molar-refractivity contribution is 7.23. The molecule has 0 atom stereocenters. The van der Waals surface area contributed by atoms with Crippen molar-refractivity contribution >= 4 is 35.9 Å². The van der Waals surface area contributed by atoms with Crippen LogP contribution >= 0.6 is 22.7 Å². The molecule has 0 spiro atoms. The summed E-state index contributed by atoms with van der Waals surface area (Å²) in [5, 5.41) is 1.40. The van der Waals surface area contributed by atoms with Gasteiger partial charge in [-0.1, -0.05) is 43.9 Å². The van der Waals surface area contributed by atoms with E-state index in [4.69, 9.17) is 4.74 Å². The van der Waals surface area contributed by atoms with Crippen molar-refractivity contribution in [2.45, 2.75) is 32.5 Å². The molecular weight excluding hydrogens is 372 g/mol. The van der Waals surface area contributed by atoms with Crippen molar-refractivity contribution in [1.29, 1.82) is 0 Å². The first-order chi connectivity index (χ1) is 12.4. The predicted octanol–water partition coefficient (Wildman–Crippen LogP) is 6.26. The molecule has 1 aliphatic rings. The number of rotatable bonds is 5. The van der Waals surface area contributed by atoms with Crippen molar-refractivity contribution in [3.63, 3.8) is 0 Å². The molecule has 0 saturated heterocycles. The number of para-hydroxylation sites is 1. The lowest BCUT2D eigenvalue weighted by atomic mass is 10.2. The summed E-state index contributed by atoms with van der Waals surface area (Å²) in [7, 11) is -1.86. The van der Waals surface area contributed by atoms with E-state index in [2.05, 4.69) is 69.9 Å². The van der Waals surface area contributed by atoms with E-state index in [1.807, 2.05) is 28.7 Å². The molecule has 1 aromatic carbocycles. The van der Waals surface area contributed by atoms with Crippen LogP contribution in [-0.4, -0.2) is 14.7 Å². The van der Waals surface area contributed by atoms with Gasteiger partial charge in [-0.05, 0) is 48.4 Å². The first-order valence-corrected chi connectivity index (χ1v) is 13.7. The van der Waals surface area contributed by atoms with Gasteiger partial charge in [-0.15, -0.1) is 22.7 Å². The molecule has 0 aliphatic heterocycles. The standard InChI is InChI=1S/C22H24OS2Si/c1-6-11-23-18-9-7-8-10-19(18)26(4,5)22-16-12-14(2)24-20(16)21-17(22)13-15(3)25-21/h6-10,12-13,22H,1,11H2,2-5H3. The van der Waals surface area contributed by atoms with Crippen LogP contribution in [0, 0.1) is 13.8 Å². The second-order valence-corrected chi connectivity index (χ2v) is 14.6. The van der Waals surface area contributed by atoms with E-state index in [-0.39, 0.29) is 0 Å². The third-order valence-corrected chi connectivity index (χ3v) is 11.4. The fraction of sp³-hybridized carbons (Fsp3) is 0.273. The average Bonchev–Trinajstić information content (AvgIpc) is 3.22. The van der Waals surface area contributed by atoms with Crippen LogP contribution in [-0.2, 0) is 0 Å². The Labute approximate surface area is 165 Å². The molecule has 4 rings (SSSR count). The van der Waals surface area contributed by atoms with Gasteiger partial charge < -0.3 is 4.74 Å². The molecule has 134 valence electrons. The van der Waals surface area contributed by atoms with E-state index in [1.165, 1.54) is 24.7 Å². The van der Waals surface area contributed by atoms with E-state index in [0.29, 0.717) is 12.1 Å². The van der Waals surface area contributed by atoms with Crippen LogP contribution in [0.4, 0.5) is 0 Å². The van der Waals surface area contributed by atoms with Crippen molar-refractivity contribution in [3.8, 4) is 15.5 Å². The highest BCUT2D eigenvalue weighted by Crippen LogP contribution is 2.55. The fourth-order valence-electron chi connectivity index (χ4n) is 4.23. The second kappa shape index (κ2) is 6.52. The molecule has 0 fully saturated rings. The monoisotopic (exact) mass is 396 g/mol. The van der Waals surface area contributed by atoms with E-state index < -0.39 is 8.07 Å². The third kappa shape index (κ3) is 2.71. The van der Waals surface area contributed by atoms with Crippen LogP contribution < -0.4 is 9.92 Å². The Bertz CT molecular complexity index is 934. The molecular formula is C22H24OS2Si. The van der Waals surface area contributed by atoms with Gasteiger partial charge in [0.2, 0.25) is 0 Å². The molecule has 0 radical (unpaired) electrons. The van der Waals surface area contributed by atoms with Gasteiger partial charge in [0.1, 0.15) is 12.4 Å². The van der Waals surface area contributed by atoms with Crippen molar-refractivity contribution in [2.75, 3.05) is 6.61 Å². The Hall–Kier alpha value is -1.62. The molecule has 2 heterocycles. The van der Waals surface area contributed by atoms with Gasteiger partial charge in [-0.2, -0.15) is 0 Å². The number of hydrogen-bond acceptors (Lipinski definition) is 3. The van der Waals surface area contributed by atoms with Crippen LogP contribution in [0.2, 0.25) is 13.1 Å². The zero-order valence-electron chi connectivity index (χ0n) is 15.8. The SMILES string of the molecule is C=CCOc1ccccc1[Si](C)(C)C1c2cc(C)sc2-c2sc(C)cc21. The van der Waals surface area contributed by atoms with Gasteiger partial charge in [0.15, 0.2) is 0 Å². The summed E-state index contributed by atoms with van der Waals surface area (Å²) in [5.41, 5.74) is 3.59. The first-order valence-electron chi connectivity index (χ1n) is 8.97. The zero-order valence-corrected chi connectivity index (χ0v) is 18.4. The number of aryl methyl sites for hydroxylation is 2. The minimum absolute atomic E-state index is 0.496. The van der Waals surface area contributed by atoms with Crippen LogP contribution in [0.5, 0.6) is 5.75 Å². The smallest absolute Gasteiger partial charge is 0.119 e. The molecule has 26 heavy (non-hydrogen) atoms. The normalized spacial score (nSPS) is 13.5. The Morgan fingerprint density at radius 2 is 1.62 bits per heavy atom. The number of thiophene rings is 2. The topological polar surface area (TPSA) is 9.23 Å². The highest BCUT2D eigenvalue weighted by atomic mass is 32.1. The molecule has 3 aromatic rings. The summed E-state index contributed by atoms with van der Waals surface area (Å²) in [4.78, 5) is 5.84. The van der Waals surface area contributed by atoms with Crippen molar-refractivity contribution < 1.29 is 4.74 Å². The number of fused-ring (bicyclic) bond motifs is 3. The molecule has 2 aromatic heterocycles. The van der Waals surface area contributed by atoms with E-state index in [1.54, 1.807) is 11.1 Å². The lowest BCUT2D eigenvalue weighted by Crippen LogP contribution is -2.48. The van der Waals surface area contributed by atoms with Gasteiger partial charge in [-0.3, -0.25) is 0 Å². The Morgan fingerprint density at radius 3 is 2.19 bits per heavy atom. The number of hydrogen-bond donors (Lipinski definition) is 0. The summed E-state index contributed by atoms with van der Waals surface area (Å²) in [6, 6.07) is 13.5. The maximum absolute atomic E-state index is 6.04. The Kier molecular flexibility index (Phi) is 4.46. The quantitative estimate of drug-likeness (QED) is 0.365. The maximum atomic E-state index is 6.04. The van der Waals surface area contributed by atoms with E-state index in [9.17, 15) is 0 Å². The molecule has 0 bridgehead atoms. The third-order valence-electron chi connectivity index (χ3n) is 5.26. The van der Waals surface area contributed by atoms with E-state index >= 15 is 0 Å². The average molecular weight is 397 g/mol. The molecule has 0 saturated carbocycles. The van der Waals surface area contributed by atoms with Crippen molar-refractivity contribution in [2.24, 2.45) is 0 Å². The maximum Gasteiger partial charge on any atom is 0.119 e. The van der Waals surface area contributed by atoms with E-state index in [0.717, 1.165) is 5.75 Å². The predicted molar refractivity (Wildman–Crippen MR) is 118 cm³/mol. The van der Waals surface area contributed by atoms with Crippen molar-refractivity contribution in [1.82, 2.24) is 0 Å². The van der Waals surface area contributed by atoms with Crippen LogP contribution in [0.25, 0.3) is 9.75 Å². The van der Waals surface area contributed by atoms with Gasteiger partial charge >= 0.3 is 0 Å².